The summed E-state index contributed by atoms with van der Waals surface area (Å²) in [7, 11) is 1.44. The van der Waals surface area contributed by atoms with Crippen molar-refractivity contribution in [3.63, 3.8) is 0 Å². The summed E-state index contributed by atoms with van der Waals surface area (Å²) in [5.41, 5.74) is 2.56. The summed E-state index contributed by atoms with van der Waals surface area (Å²) in [4.78, 5) is 8.71. The van der Waals surface area contributed by atoms with Gasteiger partial charge >= 0.3 is 0 Å². The van der Waals surface area contributed by atoms with Crippen molar-refractivity contribution in [3.8, 4) is 17.0 Å². The minimum absolute atomic E-state index is 0.225. The zero-order valence-corrected chi connectivity index (χ0v) is 14.1. The van der Waals surface area contributed by atoms with Crippen LogP contribution in [-0.2, 0) is 6.54 Å². The molecule has 0 aliphatic carbocycles. The number of fused-ring (bicyclic) bond motifs is 1. The normalized spacial score (nSPS) is 10.8. The maximum absolute atomic E-state index is 13.9. The standard InChI is InChI=1S/C19H16FN5O/c1-26-17-8-7-13(9-15(17)20)11-21-18-10-16(14-5-3-2-4-6-14)24-19-22-12-23-25(18)19/h2-10,12,21H,11H2,1H3. The Bertz CT molecular complexity index is 1050. The summed E-state index contributed by atoms with van der Waals surface area (Å²) < 4.78 is 20.4. The summed E-state index contributed by atoms with van der Waals surface area (Å²) in [5.74, 6) is 1.05. The zero-order chi connectivity index (χ0) is 17.9. The van der Waals surface area contributed by atoms with E-state index in [1.165, 1.54) is 19.5 Å². The molecule has 0 amide bonds. The molecule has 4 aromatic rings. The second-order valence-electron chi connectivity index (χ2n) is 5.69. The fourth-order valence-corrected chi connectivity index (χ4v) is 2.71. The molecular weight excluding hydrogens is 333 g/mol. The van der Waals surface area contributed by atoms with Gasteiger partial charge in [0, 0.05) is 18.2 Å². The fraction of sp³-hybridized carbons (Fsp3) is 0.105. The van der Waals surface area contributed by atoms with Gasteiger partial charge in [-0.1, -0.05) is 36.4 Å². The highest BCUT2D eigenvalue weighted by Crippen LogP contribution is 2.22. The Morgan fingerprint density at radius 1 is 1.12 bits per heavy atom. The third-order valence-corrected chi connectivity index (χ3v) is 4.01. The minimum atomic E-state index is -0.391. The van der Waals surface area contributed by atoms with Crippen LogP contribution in [0.4, 0.5) is 10.2 Å². The number of nitrogens with zero attached hydrogens (tertiary/aromatic N) is 4. The van der Waals surface area contributed by atoms with Crippen LogP contribution < -0.4 is 10.1 Å². The van der Waals surface area contributed by atoms with Crippen LogP contribution in [0.25, 0.3) is 17.0 Å². The lowest BCUT2D eigenvalue weighted by molar-refractivity contribution is 0.386. The van der Waals surface area contributed by atoms with Gasteiger partial charge in [0.05, 0.1) is 12.8 Å². The molecule has 0 spiro atoms. The lowest BCUT2D eigenvalue weighted by Crippen LogP contribution is -2.07. The second kappa shape index (κ2) is 6.79. The van der Waals surface area contributed by atoms with Gasteiger partial charge in [-0.3, -0.25) is 0 Å². The molecule has 0 fully saturated rings. The Hall–Kier alpha value is -3.48. The van der Waals surface area contributed by atoms with Crippen molar-refractivity contribution in [3.05, 3.63) is 72.3 Å². The number of ether oxygens (including phenoxy) is 1. The van der Waals surface area contributed by atoms with Crippen molar-refractivity contribution >= 4 is 11.6 Å². The summed E-state index contributed by atoms with van der Waals surface area (Å²) in [6.45, 7) is 0.425. The van der Waals surface area contributed by atoms with E-state index in [2.05, 4.69) is 20.4 Å². The van der Waals surface area contributed by atoms with E-state index >= 15 is 0 Å². The largest absolute Gasteiger partial charge is 0.494 e. The molecule has 2 aromatic heterocycles. The highest BCUT2D eigenvalue weighted by molar-refractivity contribution is 5.65. The van der Waals surface area contributed by atoms with Crippen LogP contribution in [0.2, 0.25) is 0 Å². The molecule has 0 saturated heterocycles. The van der Waals surface area contributed by atoms with Gasteiger partial charge < -0.3 is 10.1 Å². The summed E-state index contributed by atoms with van der Waals surface area (Å²) in [5, 5.41) is 7.48. The number of methoxy groups -OCH3 is 1. The van der Waals surface area contributed by atoms with Crippen molar-refractivity contribution < 1.29 is 9.13 Å². The molecule has 0 bridgehead atoms. The van der Waals surface area contributed by atoms with Crippen LogP contribution in [0.1, 0.15) is 5.56 Å². The first-order chi connectivity index (χ1) is 12.7. The molecular formula is C19H16FN5O. The Morgan fingerprint density at radius 2 is 1.96 bits per heavy atom. The lowest BCUT2D eigenvalue weighted by atomic mass is 10.1. The average Bonchev–Trinajstić information content (AvgIpc) is 3.15. The summed E-state index contributed by atoms with van der Waals surface area (Å²) in [6, 6.07) is 16.6. The molecule has 2 aromatic carbocycles. The van der Waals surface area contributed by atoms with Crippen molar-refractivity contribution in [2.45, 2.75) is 6.54 Å². The Balaban J connectivity index is 1.65. The first-order valence-corrected chi connectivity index (χ1v) is 8.07. The monoisotopic (exact) mass is 349 g/mol. The molecule has 6 nitrogen and oxygen atoms in total. The molecule has 0 saturated carbocycles. The lowest BCUT2D eigenvalue weighted by Gasteiger charge is -2.11. The second-order valence-corrected chi connectivity index (χ2v) is 5.69. The molecule has 130 valence electrons. The van der Waals surface area contributed by atoms with Gasteiger partial charge in [-0.25, -0.2) is 9.37 Å². The Kier molecular flexibility index (Phi) is 4.18. The third kappa shape index (κ3) is 3.06. The van der Waals surface area contributed by atoms with E-state index in [0.717, 1.165) is 22.6 Å². The topological polar surface area (TPSA) is 64.3 Å². The van der Waals surface area contributed by atoms with Gasteiger partial charge in [0.15, 0.2) is 11.6 Å². The Labute approximate surface area is 149 Å². The molecule has 26 heavy (non-hydrogen) atoms. The van der Waals surface area contributed by atoms with Gasteiger partial charge in [0.25, 0.3) is 5.78 Å². The smallest absolute Gasteiger partial charge is 0.254 e. The minimum Gasteiger partial charge on any atom is -0.494 e. The molecule has 0 aliphatic rings. The van der Waals surface area contributed by atoms with Crippen molar-refractivity contribution in [2.75, 3.05) is 12.4 Å². The maximum atomic E-state index is 13.9. The summed E-state index contributed by atoms with van der Waals surface area (Å²) >= 11 is 0. The molecule has 7 heteroatoms. The fourth-order valence-electron chi connectivity index (χ4n) is 2.71. The number of hydrogen-bond acceptors (Lipinski definition) is 5. The highest BCUT2D eigenvalue weighted by atomic mass is 19.1. The highest BCUT2D eigenvalue weighted by Gasteiger charge is 2.10. The number of aromatic nitrogens is 4. The van der Waals surface area contributed by atoms with E-state index in [1.54, 1.807) is 10.6 Å². The van der Waals surface area contributed by atoms with Gasteiger partial charge in [0.1, 0.15) is 12.1 Å². The molecule has 4 rings (SSSR count). The van der Waals surface area contributed by atoms with Gasteiger partial charge in [-0.15, -0.1) is 0 Å². The van der Waals surface area contributed by atoms with Crippen LogP contribution in [0, 0.1) is 5.82 Å². The SMILES string of the molecule is COc1ccc(CNc2cc(-c3ccccc3)nc3ncnn23)cc1F. The average molecular weight is 349 g/mol. The van der Waals surface area contributed by atoms with Gasteiger partial charge in [-0.05, 0) is 17.7 Å². The van der Waals surface area contributed by atoms with Crippen molar-refractivity contribution in [1.82, 2.24) is 19.6 Å². The predicted molar refractivity (Wildman–Crippen MR) is 96.5 cm³/mol. The third-order valence-electron chi connectivity index (χ3n) is 4.01. The van der Waals surface area contributed by atoms with E-state index in [-0.39, 0.29) is 5.75 Å². The van der Waals surface area contributed by atoms with Gasteiger partial charge in [-0.2, -0.15) is 14.6 Å². The van der Waals surface area contributed by atoms with Crippen molar-refractivity contribution in [2.24, 2.45) is 0 Å². The molecule has 0 aliphatic heterocycles. The molecule has 1 N–H and O–H groups in total. The van der Waals surface area contributed by atoms with E-state index in [1.807, 2.05) is 42.5 Å². The van der Waals surface area contributed by atoms with Crippen LogP contribution in [-0.4, -0.2) is 26.7 Å². The number of benzene rings is 2. The molecule has 2 heterocycles. The van der Waals surface area contributed by atoms with Crippen LogP contribution in [0.3, 0.4) is 0 Å². The number of rotatable bonds is 5. The summed E-state index contributed by atoms with van der Waals surface area (Å²) in [6.07, 6.45) is 1.45. The van der Waals surface area contributed by atoms with Gasteiger partial charge in [0.2, 0.25) is 0 Å². The maximum Gasteiger partial charge on any atom is 0.254 e. The van der Waals surface area contributed by atoms with E-state index in [4.69, 9.17) is 4.74 Å². The number of nitrogens with one attached hydrogen (secondary N) is 1. The number of hydrogen-bond donors (Lipinski definition) is 1. The van der Waals surface area contributed by atoms with E-state index < -0.39 is 5.82 Å². The predicted octanol–water partition coefficient (Wildman–Crippen LogP) is 3.55. The first-order valence-electron chi connectivity index (χ1n) is 8.07. The number of halogens is 1. The number of anilines is 1. The van der Waals surface area contributed by atoms with E-state index in [9.17, 15) is 4.39 Å². The first kappa shape index (κ1) is 16.0. The molecule has 0 unspecified atom stereocenters. The van der Waals surface area contributed by atoms with Crippen LogP contribution >= 0.6 is 0 Å². The zero-order valence-electron chi connectivity index (χ0n) is 14.1. The molecule has 0 radical (unpaired) electrons. The Morgan fingerprint density at radius 3 is 2.73 bits per heavy atom. The quantitative estimate of drug-likeness (QED) is 0.597. The van der Waals surface area contributed by atoms with Crippen LogP contribution in [0.15, 0.2) is 60.9 Å². The van der Waals surface area contributed by atoms with Crippen molar-refractivity contribution in [1.29, 1.82) is 0 Å². The van der Waals surface area contributed by atoms with E-state index in [0.29, 0.717) is 12.3 Å². The molecule has 0 atom stereocenters. The van der Waals surface area contributed by atoms with Crippen LogP contribution in [0.5, 0.6) is 5.75 Å².